The fourth-order valence-corrected chi connectivity index (χ4v) is 11.1. The zero-order valence-corrected chi connectivity index (χ0v) is 23.1. The summed E-state index contributed by atoms with van der Waals surface area (Å²) in [5.41, 5.74) is -0.878. The average Bonchev–Trinajstić information content (AvgIpc) is 3.71. The van der Waals surface area contributed by atoms with E-state index in [1.165, 1.54) is 28.4 Å². The van der Waals surface area contributed by atoms with Gasteiger partial charge >= 0.3 is 11.0 Å². The van der Waals surface area contributed by atoms with Crippen LogP contribution in [-0.4, -0.2) is 39.4 Å². The number of rotatable bonds is 5. The third-order valence-electron chi connectivity index (χ3n) is 8.70. The first-order valence-electron chi connectivity index (χ1n) is 12.9. The van der Waals surface area contributed by atoms with E-state index in [2.05, 4.69) is 16.4 Å². The Bertz CT molecular complexity index is 1580. The lowest BCUT2D eigenvalue weighted by Crippen LogP contribution is -2.42. The van der Waals surface area contributed by atoms with Crippen LogP contribution in [-0.2, 0) is 20.6 Å². The van der Waals surface area contributed by atoms with Crippen LogP contribution in [0.5, 0.6) is 0 Å². The fraction of sp³-hybridized carbons (Fsp3) is 0.407. The highest BCUT2D eigenvalue weighted by atomic mass is 32.2. The van der Waals surface area contributed by atoms with Crippen LogP contribution in [0.15, 0.2) is 51.6 Å². The normalized spacial score (nSPS) is 30.4. The van der Waals surface area contributed by atoms with Crippen molar-refractivity contribution in [1.82, 2.24) is 9.88 Å². The van der Waals surface area contributed by atoms with Crippen LogP contribution < -0.4 is 10.2 Å². The molecule has 2 aliphatic carbocycles. The lowest BCUT2D eigenvalue weighted by molar-refractivity contribution is -0.141. The lowest BCUT2D eigenvalue weighted by Gasteiger charge is -2.42. The molecule has 2 aliphatic heterocycles. The van der Waals surface area contributed by atoms with Gasteiger partial charge in [-0.3, -0.25) is 24.1 Å². The number of nitrogens with zero attached hydrogens (tertiary/aromatic N) is 1. The summed E-state index contributed by atoms with van der Waals surface area (Å²) in [6.45, 7) is -0.119. The summed E-state index contributed by atoms with van der Waals surface area (Å²) in [6, 6.07) is 8.38. The number of thiazole rings is 1. The molecule has 7 unspecified atom stereocenters. The maximum Gasteiger partial charge on any atom is 0.416 e. The van der Waals surface area contributed by atoms with Gasteiger partial charge in [-0.15, -0.1) is 23.1 Å². The number of H-pyrrole nitrogens is 1. The van der Waals surface area contributed by atoms with E-state index in [0.717, 1.165) is 33.3 Å². The first-order valence-corrected chi connectivity index (χ1v) is 15.4. The van der Waals surface area contributed by atoms with Crippen LogP contribution >= 0.6 is 34.4 Å². The second kappa shape index (κ2) is 9.31. The van der Waals surface area contributed by atoms with Gasteiger partial charge in [0.05, 0.1) is 22.4 Å². The number of carbonyl (C=O) groups excluding carboxylic acids is 3. The molecule has 2 aromatic heterocycles. The van der Waals surface area contributed by atoms with Crippen LogP contribution in [0.4, 0.5) is 18.9 Å². The minimum Gasteiger partial charge on any atom is -0.326 e. The standard InChI is InChI=1S/C27H22F3N3O4S3/c28-27(29,30)11-3-1-4-12(9-11)31-16(34)6-7-33-24(35)18-13-10-14(19(18)25(33)36)21-17(13)20(15-5-2-8-38-15)22-23(39-21)32-26(37)40-22/h1-5,8-9,13-14,17-21H,6-7,10H2,(H,31,34)(H,32,37). The molecule has 2 N–H and O–H groups in total. The fourth-order valence-electron chi connectivity index (χ4n) is 7.30. The third kappa shape index (κ3) is 3.99. The van der Waals surface area contributed by atoms with Crippen molar-refractivity contribution in [3.8, 4) is 0 Å². The maximum atomic E-state index is 13.6. The van der Waals surface area contributed by atoms with Gasteiger partial charge in [-0.05, 0) is 53.8 Å². The number of anilines is 1. The number of likely N-dealkylation sites (tertiary alicyclic amines) is 1. The first-order chi connectivity index (χ1) is 19.1. The van der Waals surface area contributed by atoms with Gasteiger partial charge in [0.1, 0.15) is 0 Å². The number of aromatic amines is 1. The molecule has 0 spiro atoms. The summed E-state index contributed by atoms with van der Waals surface area (Å²) >= 11 is 4.47. The molecule has 13 heteroatoms. The lowest BCUT2D eigenvalue weighted by atomic mass is 9.69. The zero-order valence-electron chi connectivity index (χ0n) is 20.6. The molecule has 1 saturated heterocycles. The van der Waals surface area contributed by atoms with Crippen molar-refractivity contribution in [2.45, 2.75) is 35.2 Å². The molecule has 208 valence electrons. The number of aromatic nitrogens is 1. The second-order valence-corrected chi connectivity index (χ2v) is 13.9. The number of benzene rings is 1. The number of carbonyl (C=O) groups is 3. The summed E-state index contributed by atoms with van der Waals surface area (Å²) in [7, 11) is 0. The van der Waals surface area contributed by atoms with Crippen molar-refractivity contribution in [2.24, 2.45) is 29.6 Å². The number of amides is 3. The van der Waals surface area contributed by atoms with Gasteiger partial charge in [0.2, 0.25) is 17.7 Å². The predicted octanol–water partition coefficient (Wildman–Crippen LogP) is 5.02. The van der Waals surface area contributed by atoms with Gasteiger partial charge in [0, 0.05) is 39.6 Å². The number of hydrogen-bond donors (Lipinski definition) is 2. The molecule has 0 radical (unpaired) electrons. The molecule has 3 amide bonds. The van der Waals surface area contributed by atoms with E-state index < -0.39 is 29.5 Å². The van der Waals surface area contributed by atoms with Gasteiger partial charge in [0.25, 0.3) is 0 Å². The van der Waals surface area contributed by atoms with Crippen molar-refractivity contribution < 1.29 is 27.6 Å². The molecule has 4 aliphatic rings. The Hall–Kier alpha value is -2.90. The molecule has 1 aromatic carbocycles. The largest absolute Gasteiger partial charge is 0.416 e. The summed E-state index contributed by atoms with van der Waals surface area (Å²) < 4.78 is 39.0. The van der Waals surface area contributed by atoms with Crippen molar-refractivity contribution in [3.05, 3.63) is 66.8 Å². The quantitative estimate of drug-likeness (QED) is 0.398. The maximum absolute atomic E-state index is 13.6. The Balaban J connectivity index is 1.09. The Kier molecular flexibility index (Phi) is 6.06. The Morgan fingerprint density at radius 3 is 2.58 bits per heavy atom. The first kappa shape index (κ1) is 26.0. The molecule has 2 bridgehead atoms. The summed E-state index contributed by atoms with van der Waals surface area (Å²) in [6.07, 6.45) is -3.97. The van der Waals surface area contributed by atoms with Gasteiger partial charge in [0.15, 0.2) is 0 Å². The minimum atomic E-state index is -4.54. The Labute approximate surface area is 238 Å². The van der Waals surface area contributed by atoms with E-state index in [1.807, 2.05) is 11.4 Å². The van der Waals surface area contributed by atoms with E-state index in [9.17, 15) is 32.3 Å². The summed E-state index contributed by atoms with van der Waals surface area (Å²) in [5, 5.41) is 5.41. The summed E-state index contributed by atoms with van der Waals surface area (Å²) in [5.74, 6) is -1.92. The number of thioether (sulfide) groups is 1. The van der Waals surface area contributed by atoms with Gasteiger partial charge in [-0.2, -0.15) is 13.2 Å². The van der Waals surface area contributed by atoms with Crippen LogP contribution in [0, 0.1) is 29.6 Å². The molecule has 40 heavy (non-hydrogen) atoms. The molecule has 3 fully saturated rings. The Morgan fingerprint density at radius 2 is 1.85 bits per heavy atom. The van der Waals surface area contributed by atoms with E-state index in [4.69, 9.17) is 0 Å². The highest BCUT2D eigenvalue weighted by molar-refractivity contribution is 8.00. The molecule has 7 nitrogen and oxygen atoms in total. The zero-order chi connectivity index (χ0) is 27.9. The van der Waals surface area contributed by atoms with Gasteiger partial charge in [-0.1, -0.05) is 23.5 Å². The van der Waals surface area contributed by atoms with Gasteiger partial charge in [-0.25, -0.2) is 0 Å². The Morgan fingerprint density at radius 1 is 1.07 bits per heavy atom. The van der Waals surface area contributed by atoms with Crippen LogP contribution in [0.3, 0.4) is 0 Å². The van der Waals surface area contributed by atoms with Gasteiger partial charge < -0.3 is 10.3 Å². The highest BCUT2D eigenvalue weighted by Crippen LogP contribution is 2.68. The number of halogens is 3. The minimum absolute atomic E-state index is 0.0000391. The molecule has 2 saturated carbocycles. The molecule has 4 heterocycles. The second-order valence-electron chi connectivity index (χ2n) is 10.7. The number of fused-ring (bicyclic) bond motifs is 9. The third-order valence-corrected chi connectivity index (χ3v) is 12.2. The molecule has 7 atom stereocenters. The number of hydrogen-bond acceptors (Lipinski definition) is 7. The van der Waals surface area contributed by atoms with E-state index in [-0.39, 0.29) is 64.3 Å². The number of thiophene rings is 1. The van der Waals surface area contributed by atoms with Crippen molar-refractivity contribution in [2.75, 3.05) is 11.9 Å². The van der Waals surface area contributed by atoms with Crippen molar-refractivity contribution in [3.63, 3.8) is 0 Å². The van der Waals surface area contributed by atoms with E-state index in [1.54, 1.807) is 23.1 Å². The topological polar surface area (TPSA) is 99.3 Å². The number of alkyl halides is 3. The van der Waals surface area contributed by atoms with Crippen LogP contribution in [0.2, 0.25) is 0 Å². The van der Waals surface area contributed by atoms with E-state index in [0.29, 0.717) is 0 Å². The molecule has 7 rings (SSSR count). The SMILES string of the molecule is O=C(CCN1C(=O)C2C3CC(C2C1=O)C1C(c2cccs2)c2sc(=O)[nH]c2SC31)Nc1cccc(C(F)(F)F)c1. The van der Waals surface area contributed by atoms with Crippen LogP contribution in [0.1, 0.15) is 34.1 Å². The summed E-state index contributed by atoms with van der Waals surface area (Å²) in [4.78, 5) is 58.2. The molecule has 3 aromatic rings. The average molecular weight is 606 g/mol. The predicted molar refractivity (Wildman–Crippen MR) is 144 cm³/mol. The van der Waals surface area contributed by atoms with Crippen LogP contribution in [0.25, 0.3) is 0 Å². The highest BCUT2D eigenvalue weighted by Gasteiger charge is 2.69. The monoisotopic (exact) mass is 605 g/mol. The molecular formula is C27H22F3N3O4S3. The number of imide groups is 1. The molecular weight excluding hydrogens is 584 g/mol. The van der Waals surface area contributed by atoms with Crippen molar-refractivity contribution >= 4 is 57.8 Å². The van der Waals surface area contributed by atoms with E-state index >= 15 is 0 Å². The number of nitrogens with one attached hydrogen (secondary N) is 2. The smallest absolute Gasteiger partial charge is 0.326 e. The van der Waals surface area contributed by atoms with Crippen molar-refractivity contribution in [1.29, 1.82) is 0 Å².